The first-order valence-electron chi connectivity index (χ1n) is 4.54. The highest BCUT2D eigenvalue weighted by atomic mass is 16.2. The first kappa shape index (κ1) is 10.4. The number of fused-ring (bicyclic) bond motifs is 1. The van der Waals surface area contributed by atoms with Crippen LogP contribution < -0.4 is 4.90 Å². The molecule has 0 saturated carbocycles. The van der Waals surface area contributed by atoms with Gasteiger partial charge in [-0.25, -0.2) is 4.98 Å². The van der Waals surface area contributed by atoms with E-state index in [0.717, 1.165) is 0 Å². The Bertz CT molecular complexity index is 535. The van der Waals surface area contributed by atoms with E-state index in [9.17, 15) is 9.59 Å². The lowest BCUT2D eigenvalue weighted by molar-refractivity contribution is -0.117. The van der Waals surface area contributed by atoms with Crippen LogP contribution in [0.1, 0.15) is 16.2 Å². The van der Waals surface area contributed by atoms with Crippen LogP contribution in [-0.4, -0.2) is 31.6 Å². The zero-order valence-electron chi connectivity index (χ0n) is 8.47. The summed E-state index contributed by atoms with van der Waals surface area (Å²) in [7, 11) is 6.97. The number of hydrogen-bond acceptors (Lipinski definition) is 4. The average Bonchev–Trinajstić information content (AvgIpc) is 2.33. The van der Waals surface area contributed by atoms with Crippen molar-refractivity contribution in [2.45, 2.75) is 5.82 Å². The largest absolute Gasteiger partial charge is 0.313 e. The van der Waals surface area contributed by atoms with E-state index in [1.165, 1.54) is 24.1 Å². The summed E-state index contributed by atoms with van der Waals surface area (Å²) in [6.45, 7) is 0. The fourth-order valence-electron chi connectivity index (χ4n) is 1.55. The van der Waals surface area contributed by atoms with E-state index in [2.05, 4.69) is 4.98 Å². The van der Waals surface area contributed by atoms with Crippen molar-refractivity contribution in [3.63, 3.8) is 0 Å². The number of amides is 1. The molecule has 0 N–H and O–H groups in total. The Morgan fingerprint density at radius 1 is 1.50 bits per heavy atom. The molecule has 1 unspecified atom stereocenters. The van der Waals surface area contributed by atoms with E-state index < -0.39 is 17.5 Å². The summed E-state index contributed by atoms with van der Waals surface area (Å²) < 4.78 is 0. The van der Waals surface area contributed by atoms with E-state index in [4.69, 9.17) is 13.1 Å². The number of rotatable bonds is 0. The number of carbonyl (C=O) groups is 2. The number of pyridine rings is 1. The number of nitrogens with zero attached hydrogens (tertiary/aromatic N) is 3. The summed E-state index contributed by atoms with van der Waals surface area (Å²) >= 11 is 0. The first-order chi connectivity index (χ1) is 7.56. The summed E-state index contributed by atoms with van der Waals surface area (Å²) in [5.41, 5.74) is 0.589. The second-order valence-corrected chi connectivity index (χ2v) is 3.42. The average molecular weight is 211 g/mol. The molecule has 0 fully saturated rings. The molecule has 1 amide bonds. The minimum Gasteiger partial charge on any atom is -0.313 e. The molecular weight excluding hydrogens is 205 g/mol. The minimum absolute atomic E-state index is 0.0775. The summed E-state index contributed by atoms with van der Waals surface area (Å²) in [5.74, 6) is -2.24. The van der Waals surface area contributed by atoms with Crippen molar-refractivity contribution in [3.8, 4) is 6.07 Å². The molecule has 1 atom stereocenters. The van der Waals surface area contributed by atoms with E-state index in [1.807, 2.05) is 6.07 Å². The Hall–Kier alpha value is -2.16. The van der Waals surface area contributed by atoms with Gasteiger partial charge in [-0.1, -0.05) is 0 Å². The number of hydrogen-bond donors (Lipinski definition) is 0. The van der Waals surface area contributed by atoms with Gasteiger partial charge in [0.05, 0.1) is 19.4 Å². The van der Waals surface area contributed by atoms with Crippen molar-refractivity contribution < 1.29 is 9.59 Å². The fraction of sp³-hybridized carbons (Fsp3) is 0.200. The van der Waals surface area contributed by atoms with Crippen molar-refractivity contribution in [1.29, 1.82) is 5.26 Å². The van der Waals surface area contributed by atoms with Crippen molar-refractivity contribution in [3.05, 3.63) is 23.5 Å². The van der Waals surface area contributed by atoms with E-state index in [1.54, 1.807) is 0 Å². The highest BCUT2D eigenvalue weighted by molar-refractivity contribution is 6.43. The van der Waals surface area contributed by atoms with Crippen molar-refractivity contribution in [2.24, 2.45) is 0 Å². The number of anilines is 1. The quantitative estimate of drug-likeness (QED) is 0.449. The molecule has 0 aliphatic carbocycles. The maximum Gasteiger partial charge on any atom is 0.228 e. The molecule has 1 aliphatic rings. The van der Waals surface area contributed by atoms with Gasteiger partial charge in [-0.2, -0.15) is 5.26 Å². The van der Waals surface area contributed by atoms with Gasteiger partial charge in [0.1, 0.15) is 17.5 Å². The van der Waals surface area contributed by atoms with Crippen LogP contribution in [0.3, 0.4) is 0 Å². The van der Waals surface area contributed by atoms with E-state index in [0.29, 0.717) is 5.69 Å². The van der Waals surface area contributed by atoms with Gasteiger partial charge in [0.15, 0.2) is 5.78 Å². The zero-order valence-corrected chi connectivity index (χ0v) is 8.47. The number of aromatic nitrogens is 1. The summed E-state index contributed by atoms with van der Waals surface area (Å²) in [5, 5.41) is 8.67. The summed E-state index contributed by atoms with van der Waals surface area (Å²) in [6, 6.07) is 4.80. The van der Waals surface area contributed by atoms with Gasteiger partial charge in [-0.05, 0) is 12.1 Å². The van der Waals surface area contributed by atoms with Crippen LogP contribution in [-0.2, 0) is 4.79 Å². The topological polar surface area (TPSA) is 74.1 Å². The van der Waals surface area contributed by atoms with Gasteiger partial charge in [-0.3, -0.25) is 9.59 Å². The van der Waals surface area contributed by atoms with Crippen LogP contribution >= 0.6 is 0 Å². The van der Waals surface area contributed by atoms with Crippen molar-refractivity contribution in [1.82, 2.24) is 4.98 Å². The molecule has 0 bridgehead atoms. The highest BCUT2D eigenvalue weighted by Crippen LogP contribution is 2.29. The molecule has 5 nitrogen and oxygen atoms in total. The van der Waals surface area contributed by atoms with Crippen LogP contribution in [0.15, 0.2) is 12.1 Å². The molecule has 76 valence electrons. The molecule has 2 heterocycles. The van der Waals surface area contributed by atoms with Crippen LogP contribution in [0.4, 0.5) is 5.69 Å². The van der Waals surface area contributed by atoms with E-state index >= 15 is 0 Å². The molecule has 2 rings (SSSR count). The molecule has 0 saturated heterocycles. The Labute approximate surface area is 93.1 Å². The monoisotopic (exact) mass is 211 g/mol. The lowest BCUT2D eigenvalue weighted by atomic mass is 9.78. The number of carbonyl (C=O) groups excluding carboxylic acids is 2. The van der Waals surface area contributed by atoms with Gasteiger partial charge in [0.25, 0.3) is 0 Å². The SMILES string of the molecule is [B]C1C(=O)c2nc(C#N)ccc2N(C)C1=O. The zero-order chi connectivity index (χ0) is 11.9. The summed E-state index contributed by atoms with van der Waals surface area (Å²) in [4.78, 5) is 28.4. The Balaban J connectivity index is 2.65. The maximum atomic E-state index is 11.7. The van der Waals surface area contributed by atoms with Gasteiger partial charge >= 0.3 is 0 Å². The molecule has 0 aromatic carbocycles. The minimum atomic E-state index is -1.22. The molecule has 1 aromatic heterocycles. The van der Waals surface area contributed by atoms with Gasteiger partial charge in [0, 0.05) is 7.05 Å². The summed E-state index contributed by atoms with van der Waals surface area (Å²) in [6.07, 6.45) is 0. The fourth-order valence-corrected chi connectivity index (χ4v) is 1.55. The Morgan fingerprint density at radius 2 is 2.19 bits per heavy atom. The standard InChI is InChI=1S/C10H6BN3O2/c1-14-6-3-2-5(4-12)13-8(6)9(15)7(11)10(14)16/h2-3,7H,1H3. The smallest absolute Gasteiger partial charge is 0.228 e. The third kappa shape index (κ3) is 1.29. The van der Waals surface area contributed by atoms with Crippen LogP contribution in [0.25, 0.3) is 0 Å². The molecule has 6 heteroatoms. The highest BCUT2D eigenvalue weighted by Gasteiger charge is 2.35. The number of ketones is 1. The lowest BCUT2D eigenvalue weighted by Crippen LogP contribution is -2.39. The Kier molecular flexibility index (Phi) is 2.24. The second-order valence-electron chi connectivity index (χ2n) is 3.42. The van der Waals surface area contributed by atoms with Crippen molar-refractivity contribution in [2.75, 3.05) is 11.9 Å². The molecule has 16 heavy (non-hydrogen) atoms. The molecule has 2 radical (unpaired) electrons. The Morgan fingerprint density at radius 3 is 2.81 bits per heavy atom. The third-order valence-electron chi connectivity index (χ3n) is 2.46. The predicted molar refractivity (Wildman–Crippen MR) is 56.2 cm³/mol. The molecule has 0 spiro atoms. The number of Topliss-reactive ketones (excluding diaryl/α,β-unsaturated/α-hetero) is 1. The van der Waals surface area contributed by atoms with Crippen LogP contribution in [0.5, 0.6) is 0 Å². The van der Waals surface area contributed by atoms with Crippen molar-refractivity contribution >= 4 is 25.2 Å². The van der Waals surface area contributed by atoms with E-state index in [-0.39, 0.29) is 11.4 Å². The normalized spacial score (nSPS) is 19.2. The molecule has 1 aromatic rings. The second kappa shape index (κ2) is 3.45. The first-order valence-corrected chi connectivity index (χ1v) is 4.54. The molecular formula is C10H6BN3O2. The third-order valence-corrected chi connectivity index (χ3v) is 2.46. The maximum absolute atomic E-state index is 11.7. The van der Waals surface area contributed by atoms with Crippen LogP contribution in [0.2, 0.25) is 5.82 Å². The predicted octanol–water partition coefficient (Wildman–Crippen LogP) is 0.0694. The van der Waals surface area contributed by atoms with Gasteiger partial charge in [0.2, 0.25) is 5.91 Å². The number of nitriles is 1. The van der Waals surface area contributed by atoms with Gasteiger partial charge < -0.3 is 4.90 Å². The lowest BCUT2D eigenvalue weighted by Gasteiger charge is -2.28. The van der Waals surface area contributed by atoms with Crippen LogP contribution in [0, 0.1) is 11.3 Å². The van der Waals surface area contributed by atoms with Gasteiger partial charge in [-0.15, -0.1) is 0 Å². The molecule has 1 aliphatic heterocycles.